The Morgan fingerprint density at radius 3 is 2.32 bits per heavy atom. The molecule has 2 amide bonds. The molecule has 10 nitrogen and oxygen atoms in total. The van der Waals surface area contributed by atoms with E-state index < -0.39 is 57.8 Å². The Hall–Kier alpha value is -2.49. The van der Waals surface area contributed by atoms with Gasteiger partial charge in [0.15, 0.2) is 0 Å². The number of sulfonamides is 1. The van der Waals surface area contributed by atoms with Crippen LogP contribution in [0.4, 0.5) is 0 Å². The van der Waals surface area contributed by atoms with Gasteiger partial charge in [0, 0.05) is 26.6 Å². The third kappa shape index (κ3) is 12.9. The molecule has 2 rings (SSSR count). The maximum absolute atomic E-state index is 13.7. The van der Waals surface area contributed by atoms with Gasteiger partial charge in [-0.15, -0.1) is 12.3 Å². The number of likely N-dealkylation sites (N-methyl/N-ethyl adjacent to an activating group) is 2. The lowest BCUT2D eigenvalue weighted by molar-refractivity contribution is -0.132. The van der Waals surface area contributed by atoms with Crippen LogP contribution < -0.4 is 16.0 Å². The van der Waals surface area contributed by atoms with Crippen LogP contribution in [0.15, 0.2) is 30.3 Å². The molecule has 0 spiro atoms. The largest absolute Gasteiger partial charge is 0.390 e. The summed E-state index contributed by atoms with van der Waals surface area (Å²) in [6, 6.07) is 7.25. The van der Waals surface area contributed by atoms with E-state index in [4.69, 9.17) is 6.42 Å². The Morgan fingerprint density at radius 1 is 1.07 bits per heavy atom. The van der Waals surface area contributed by atoms with Crippen molar-refractivity contribution in [3.8, 4) is 12.3 Å². The Morgan fingerprint density at radius 2 is 1.73 bits per heavy atom. The number of carbonyl (C=O) groups excluding carboxylic acids is 2. The molecule has 0 bridgehead atoms. The van der Waals surface area contributed by atoms with Crippen molar-refractivity contribution < 1.29 is 28.2 Å². The number of carbonyl (C=O) groups is 2. The topological polar surface area (TPSA) is 148 Å². The van der Waals surface area contributed by atoms with E-state index in [0.29, 0.717) is 25.3 Å². The van der Waals surface area contributed by atoms with Crippen molar-refractivity contribution in [2.24, 2.45) is 17.8 Å². The highest BCUT2D eigenvalue weighted by atomic mass is 32.2. The average molecular weight is 635 g/mol. The number of hydrogen-bond donors (Lipinski definition) is 5. The predicted molar refractivity (Wildman–Crippen MR) is 174 cm³/mol. The molecular formula is C33H54N4O6S. The number of amides is 2. The lowest BCUT2D eigenvalue weighted by Crippen LogP contribution is -2.56. The van der Waals surface area contributed by atoms with E-state index in [0.717, 1.165) is 37.7 Å². The monoisotopic (exact) mass is 634 g/mol. The third-order valence-corrected chi connectivity index (χ3v) is 10.3. The van der Waals surface area contributed by atoms with E-state index in [9.17, 15) is 28.2 Å². The van der Waals surface area contributed by atoms with Crippen LogP contribution in [0.5, 0.6) is 0 Å². The normalized spacial score (nSPS) is 17.8. The zero-order chi connectivity index (χ0) is 32.7. The number of aliphatic hydroxyl groups excluding tert-OH is 2. The zero-order valence-corrected chi connectivity index (χ0v) is 27.7. The maximum atomic E-state index is 13.7. The van der Waals surface area contributed by atoms with E-state index >= 15 is 0 Å². The van der Waals surface area contributed by atoms with Crippen molar-refractivity contribution in [3.05, 3.63) is 35.9 Å². The second kappa shape index (κ2) is 19.1. The van der Waals surface area contributed by atoms with Gasteiger partial charge in [-0.05, 0) is 43.7 Å². The van der Waals surface area contributed by atoms with Crippen LogP contribution in [0.3, 0.4) is 0 Å². The summed E-state index contributed by atoms with van der Waals surface area (Å²) in [6.45, 7) is 4.60. The standard InChI is InChI=1S/C33H54N4O6S/c1-6-13-28(33(41)36-29(22-26-16-11-8-12-17-26)31(39)30(38)20-24(2)3)35-32(40)27(21-25-14-9-7-10-15-25)23-44(42,43)37(5)19-18-34-4/h1,7,9-10,14-15,24,26-31,34,38-39H,8,11-13,16-23H2,2-5H3,(H,35,40)(H,36,41)/t27?,28-,29?,30?,31+/m0/s1. The zero-order valence-electron chi connectivity index (χ0n) is 26.9. The molecule has 44 heavy (non-hydrogen) atoms. The summed E-state index contributed by atoms with van der Waals surface area (Å²) in [4.78, 5) is 27.3. The van der Waals surface area contributed by atoms with E-state index in [2.05, 4.69) is 21.9 Å². The summed E-state index contributed by atoms with van der Waals surface area (Å²) in [7, 11) is -0.596. The molecular weight excluding hydrogens is 580 g/mol. The lowest BCUT2D eigenvalue weighted by Gasteiger charge is -2.33. The predicted octanol–water partition coefficient (Wildman–Crippen LogP) is 2.06. The minimum absolute atomic E-state index is 0.120. The van der Waals surface area contributed by atoms with Gasteiger partial charge in [0.25, 0.3) is 0 Å². The van der Waals surface area contributed by atoms with Crippen molar-refractivity contribution in [3.63, 3.8) is 0 Å². The Kier molecular flexibility index (Phi) is 16.4. The molecule has 11 heteroatoms. The van der Waals surface area contributed by atoms with Crippen LogP contribution in [-0.2, 0) is 26.0 Å². The lowest BCUT2D eigenvalue weighted by atomic mass is 9.82. The van der Waals surface area contributed by atoms with Crippen LogP contribution in [0.25, 0.3) is 0 Å². The van der Waals surface area contributed by atoms with Crippen molar-refractivity contribution >= 4 is 21.8 Å². The first-order valence-corrected chi connectivity index (χ1v) is 17.5. The number of nitrogens with zero attached hydrogens (tertiary/aromatic N) is 1. The highest BCUT2D eigenvalue weighted by molar-refractivity contribution is 7.89. The van der Waals surface area contributed by atoms with Crippen LogP contribution in [0.2, 0.25) is 0 Å². The molecule has 1 aliphatic rings. The molecule has 0 heterocycles. The summed E-state index contributed by atoms with van der Waals surface area (Å²) in [5.41, 5.74) is 0.786. The first-order chi connectivity index (χ1) is 20.9. The molecule has 1 aromatic rings. The minimum Gasteiger partial charge on any atom is -0.390 e. The molecule has 3 unspecified atom stereocenters. The average Bonchev–Trinajstić information content (AvgIpc) is 2.99. The van der Waals surface area contributed by atoms with Crippen molar-refractivity contribution in [1.29, 1.82) is 0 Å². The summed E-state index contributed by atoms with van der Waals surface area (Å²) in [5, 5.41) is 30.4. The molecule has 1 saturated carbocycles. The SMILES string of the molecule is C#CC[C@H](NC(=O)C(Cc1ccccc1)CS(=O)(=O)N(C)CCNC)C(=O)NC(CC1CCCCC1)[C@@H](O)C(O)CC(C)C. The van der Waals surface area contributed by atoms with Gasteiger partial charge in [0.2, 0.25) is 21.8 Å². The highest BCUT2D eigenvalue weighted by Crippen LogP contribution is 2.29. The minimum atomic E-state index is -3.80. The third-order valence-electron chi connectivity index (χ3n) is 8.37. The number of hydrogen-bond acceptors (Lipinski definition) is 7. The first-order valence-electron chi connectivity index (χ1n) is 15.9. The van der Waals surface area contributed by atoms with Crippen molar-refractivity contribution in [2.75, 3.05) is 32.9 Å². The molecule has 5 N–H and O–H groups in total. The second-order valence-corrected chi connectivity index (χ2v) is 14.7. The molecule has 248 valence electrons. The summed E-state index contributed by atoms with van der Waals surface area (Å²) in [6.07, 6.45) is 9.61. The summed E-state index contributed by atoms with van der Waals surface area (Å²) in [5.74, 6) is 0.302. The maximum Gasteiger partial charge on any atom is 0.243 e. The Bertz CT molecular complexity index is 1150. The van der Waals surface area contributed by atoms with Crippen LogP contribution in [0, 0.1) is 30.1 Å². The summed E-state index contributed by atoms with van der Waals surface area (Å²) >= 11 is 0. The number of terminal acetylenes is 1. The molecule has 1 aliphatic carbocycles. The van der Waals surface area contributed by atoms with Crippen molar-refractivity contribution in [2.45, 2.75) is 95.9 Å². The van der Waals surface area contributed by atoms with Gasteiger partial charge < -0.3 is 26.2 Å². The number of nitrogens with one attached hydrogen (secondary N) is 3. The molecule has 1 aromatic carbocycles. The fourth-order valence-corrected chi connectivity index (χ4v) is 7.17. The van der Waals surface area contributed by atoms with Gasteiger partial charge in [0.1, 0.15) is 12.1 Å². The number of rotatable bonds is 19. The molecule has 0 radical (unpaired) electrons. The van der Waals surface area contributed by atoms with Gasteiger partial charge in [-0.3, -0.25) is 9.59 Å². The van der Waals surface area contributed by atoms with Gasteiger partial charge in [-0.2, -0.15) is 0 Å². The second-order valence-electron chi connectivity index (χ2n) is 12.6. The van der Waals surface area contributed by atoms with Crippen LogP contribution in [-0.4, -0.2) is 92.0 Å². The molecule has 0 saturated heterocycles. The van der Waals surface area contributed by atoms with E-state index in [1.165, 1.54) is 11.4 Å². The first kappa shape index (κ1) is 37.7. The fourth-order valence-electron chi connectivity index (χ4n) is 5.77. The van der Waals surface area contributed by atoms with Crippen LogP contribution >= 0.6 is 0 Å². The van der Waals surface area contributed by atoms with E-state index in [1.54, 1.807) is 7.05 Å². The quantitative estimate of drug-likeness (QED) is 0.146. The van der Waals surface area contributed by atoms with Gasteiger partial charge in [0.05, 0.1) is 23.8 Å². The number of aliphatic hydroxyl groups is 2. The van der Waals surface area contributed by atoms with Gasteiger partial charge in [-0.25, -0.2) is 12.7 Å². The number of benzene rings is 1. The van der Waals surface area contributed by atoms with E-state index in [-0.39, 0.29) is 25.3 Å². The van der Waals surface area contributed by atoms with Crippen LogP contribution in [0.1, 0.15) is 70.8 Å². The molecule has 1 fully saturated rings. The fraction of sp³-hybridized carbons (Fsp3) is 0.697. The van der Waals surface area contributed by atoms with Gasteiger partial charge in [-0.1, -0.05) is 76.3 Å². The smallest absolute Gasteiger partial charge is 0.243 e. The molecule has 0 aliphatic heterocycles. The highest BCUT2D eigenvalue weighted by Gasteiger charge is 2.35. The Balaban J connectivity index is 2.26. The van der Waals surface area contributed by atoms with Gasteiger partial charge >= 0.3 is 0 Å². The summed E-state index contributed by atoms with van der Waals surface area (Å²) < 4.78 is 27.6. The van der Waals surface area contributed by atoms with Crippen molar-refractivity contribution in [1.82, 2.24) is 20.3 Å². The van der Waals surface area contributed by atoms with E-state index in [1.807, 2.05) is 44.2 Å². The molecule has 0 aromatic heterocycles. The molecule has 5 atom stereocenters. The Labute approximate surface area is 264 Å².